The molecule has 0 amide bonds. The molecule has 0 unspecified atom stereocenters. The summed E-state index contributed by atoms with van der Waals surface area (Å²) in [6, 6.07) is 6.16. The van der Waals surface area contributed by atoms with Crippen LogP contribution in [-0.2, 0) is 6.54 Å². The van der Waals surface area contributed by atoms with Crippen molar-refractivity contribution in [1.29, 1.82) is 0 Å². The molecule has 0 atom stereocenters. The van der Waals surface area contributed by atoms with E-state index in [1.165, 1.54) is 44.9 Å². The fourth-order valence-corrected chi connectivity index (χ4v) is 4.11. The summed E-state index contributed by atoms with van der Waals surface area (Å²) in [5, 5.41) is 4.13. The van der Waals surface area contributed by atoms with E-state index in [1.807, 2.05) is 17.8 Å². The van der Waals surface area contributed by atoms with Crippen LogP contribution in [0.4, 0.5) is 4.39 Å². The minimum Gasteiger partial charge on any atom is -0.310 e. The molecule has 0 heterocycles. The number of benzene rings is 1. The number of rotatable bonds is 5. The van der Waals surface area contributed by atoms with Crippen LogP contribution in [0.5, 0.6) is 0 Å². The molecular weight excluding hydrogens is 257 g/mol. The number of hydrogen-bond donors (Lipinski definition) is 1. The Morgan fingerprint density at radius 3 is 2.63 bits per heavy atom. The van der Waals surface area contributed by atoms with Crippen LogP contribution < -0.4 is 5.32 Å². The van der Waals surface area contributed by atoms with E-state index >= 15 is 0 Å². The van der Waals surface area contributed by atoms with Crippen LogP contribution >= 0.6 is 11.8 Å². The highest BCUT2D eigenvalue weighted by Gasteiger charge is 2.22. The lowest BCUT2D eigenvalue weighted by Crippen LogP contribution is -2.17. The molecule has 1 N–H and O–H groups in total. The molecule has 0 radical (unpaired) electrons. The van der Waals surface area contributed by atoms with Gasteiger partial charge in [0.25, 0.3) is 0 Å². The van der Waals surface area contributed by atoms with Crippen molar-refractivity contribution < 1.29 is 4.39 Å². The van der Waals surface area contributed by atoms with Gasteiger partial charge in [-0.05, 0) is 37.8 Å². The van der Waals surface area contributed by atoms with Gasteiger partial charge in [-0.25, -0.2) is 4.39 Å². The van der Waals surface area contributed by atoms with Crippen LogP contribution in [0.15, 0.2) is 23.1 Å². The smallest absolute Gasteiger partial charge is 0.128 e. The van der Waals surface area contributed by atoms with E-state index in [0.717, 1.165) is 10.5 Å². The van der Waals surface area contributed by atoms with Crippen molar-refractivity contribution in [3.05, 3.63) is 29.6 Å². The van der Waals surface area contributed by atoms with Crippen LogP contribution in [0.1, 0.15) is 50.5 Å². The van der Waals surface area contributed by atoms with Crippen LogP contribution in [-0.4, -0.2) is 11.3 Å². The van der Waals surface area contributed by atoms with E-state index in [-0.39, 0.29) is 5.82 Å². The molecular formula is C16H22FNS. The Balaban J connectivity index is 1.68. The van der Waals surface area contributed by atoms with Gasteiger partial charge in [0.15, 0.2) is 0 Å². The predicted octanol–water partition coefficient (Wildman–Crippen LogP) is 4.50. The number of nitrogens with one attached hydrogen (secondary N) is 1. The fraction of sp³-hybridized carbons (Fsp3) is 0.625. The average molecular weight is 279 g/mol. The van der Waals surface area contributed by atoms with Gasteiger partial charge >= 0.3 is 0 Å². The summed E-state index contributed by atoms with van der Waals surface area (Å²) in [4.78, 5) is 1.15. The summed E-state index contributed by atoms with van der Waals surface area (Å²) < 4.78 is 14.0. The zero-order valence-corrected chi connectivity index (χ0v) is 12.1. The van der Waals surface area contributed by atoms with Gasteiger partial charge in [0.2, 0.25) is 0 Å². The second-order valence-corrected chi connectivity index (χ2v) is 7.09. The fourth-order valence-electron chi connectivity index (χ4n) is 2.72. The summed E-state index contributed by atoms with van der Waals surface area (Å²) in [6.07, 6.45) is 9.12. The van der Waals surface area contributed by atoms with Crippen molar-refractivity contribution in [3.63, 3.8) is 0 Å². The molecule has 2 saturated carbocycles. The van der Waals surface area contributed by atoms with E-state index in [4.69, 9.17) is 0 Å². The summed E-state index contributed by atoms with van der Waals surface area (Å²) in [7, 11) is 0. The van der Waals surface area contributed by atoms with Gasteiger partial charge in [-0.15, -0.1) is 11.8 Å². The van der Waals surface area contributed by atoms with Crippen LogP contribution in [0, 0.1) is 5.82 Å². The van der Waals surface area contributed by atoms with E-state index in [1.54, 1.807) is 6.07 Å². The lowest BCUT2D eigenvalue weighted by atomic mass is 10.0. The first-order valence-electron chi connectivity index (χ1n) is 7.50. The summed E-state index contributed by atoms with van der Waals surface area (Å²) in [5.41, 5.74) is 0.880. The average Bonchev–Trinajstić information content (AvgIpc) is 3.23. The van der Waals surface area contributed by atoms with Crippen molar-refractivity contribution in [2.24, 2.45) is 0 Å². The molecule has 104 valence electrons. The SMILES string of the molecule is Fc1cccc(SC2CCCCC2)c1CNC1CC1. The zero-order valence-electron chi connectivity index (χ0n) is 11.3. The minimum atomic E-state index is -0.0473. The first-order valence-corrected chi connectivity index (χ1v) is 8.38. The molecule has 0 aromatic heterocycles. The Hall–Kier alpha value is -0.540. The number of hydrogen-bond acceptors (Lipinski definition) is 2. The number of thioether (sulfide) groups is 1. The number of halogens is 1. The molecule has 2 aliphatic carbocycles. The maximum absolute atomic E-state index is 14.0. The van der Waals surface area contributed by atoms with Gasteiger partial charge < -0.3 is 5.32 Å². The molecule has 0 spiro atoms. The second-order valence-electron chi connectivity index (χ2n) is 5.75. The largest absolute Gasteiger partial charge is 0.310 e. The van der Waals surface area contributed by atoms with Crippen molar-refractivity contribution in [1.82, 2.24) is 5.32 Å². The Labute approximate surface area is 119 Å². The third-order valence-electron chi connectivity index (χ3n) is 4.07. The Morgan fingerprint density at radius 2 is 1.89 bits per heavy atom. The molecule has 2 aliphatic rings. The zero-order chi connectivity index (χ0) is 13.1. The van der Waals surface area contributed by atoms with Crippen molar-refractivity contribution in [3.8, 4) is 0 Å². The molecule has 2 fully saturated rings. The predicted molar refractivity (Wildman–Crippen MR) is 79.0 cm³/mol. The van der Waals surface area contributed by atoms with Gasteiger partial charge in [0, 0.05) is 28.3 Å². The summed E-state index contributed by atoms with van der Waals surface area (Å²) in [5.74, 6) is -0.0473. The molecule has 19 heavy (non-hydrogen) atoms. The van der Waals surface area contributed by atoms with Gasteiger partial charge in [-0.2, -0.15) is 0 Å². The van der Waals surface area contributed by atoms with E-state index in [2.05, 4.69) is 11.4 Å². The molecule has 1 aromatic rings. The van der Waals surface area contributed by atoms with E-state index in [0.29, 0.717) is 17.8 Å². The Morgan fingerprint density at radius 1 is 1.11 bits per heavy atom. The first kappa shape index (κ1) is 13.4. The molecule has 0 aliphatic heterocycles. The molecule has 3 heteroatoms. The molecule has 1 nitrogen and oxygen atoms in total. The van der Waals surface area contributed by atoms with Crippen molar-refractivity contribution in [2.45, 2.75) is 67.7 Å². The Bertz CT molecular complexity index is 425. The van der Waals surface area contributed by atoms with E-state index < -0.39 is 0 Å². The van der Waals surface area contributed by atoms with Crippen LogP contribution in [0.25, 0.3) is 0 Å². The standard InChI is InChI=1S/C16H22FNS/c17-15-7-4-8-16(14(15)11-18-12-9-10-12)19-13-5-2-1-3-6-13/h4,7-8,12-13,18H,1-3,5-6,9-11H2. The minimum absolute atomic E-state index is 0.0473. The lowest BCUT2D eigenvalue weighted by Gasteiger charge is -2.22. The van der Waals surface area contributed by atoms with Gasteiger partial charge in [0.1, 0.15) is 5.82 Å². The second kappa shape index (κ2) is 6.27. The molecule has 0 saturated heterocycles. The van der Waals surface area contributed by atoms with Crippen molar-refractivity contribution >= 4 is 11.8 Å². The van der Waals surface area contributed by atoms with Gasteiger partial charge in [0.05, 0.1) is 0 Å². The molecule has 3 rings (SSSR count). The highest BCUT2D eigenvalue weighted by Crippen LogP contribution is 2.36. The lowest BCUT2D eigenvalue weighted by molar-refractivity contribution is 0.515. The maximum Gasteiger partial charge on any atom is 0.128 e. The normalized spacial score (nSPS) is 20.7. The van der Waals surface area contributed by atoms with Gasteiger partial charge in [-0.1, -0.05) is 25.3 Å². The third kappa shape index (κ3) is 3.73. The quantitative estimate of drug-likeness (QED) is 0.851. The summed E-state index contributed by atoms with van der Waals surface area (Å²) in [6.45, 7) is 0.687. The maximum atomic E-state index is 14.0. The van der Waals surface area contributed by atoms with Gasteiger partial charge in [-0.3, -0.25) is 0 Å². The highest BCUT2D eigenvalue weighted by molar-refractivity contribution is 8.00. The summed E-state index contributed by atoms with van der Waals surface area (Å²) >= 11 is 1.90. The van der Waals surface area contributed by atoms with E-state index in [9.17, 15) is 4.39 Å². The monoisotopic (exact) mass is 279 g/mol. The van der Waals surface area contributed by atoms with Crippen molar-refractivity contribution in [2.75, 3.05) is 0 Å². The van der Waals surface area contributed by atoms with Crippen LogP contribution in [0.2, 0.25) is 0 Å². The molecule has 0 bridgehead atoms. The Kier molecular flexibility index (Phi) is 4.44. The molecule has 1 aromatic carbocycles. The highest BCUT2D eigenvalue weighted by atomic mass is 32.2. The topological polar surface area (TPSA) is 12.0 Å². The first-order chi connectivity index (χ1) is 9.33. The van der Waals surface area contributed by atoms with Crippen LogP contribution in [0.3, 0.4) is 0 Å². The third-order valence-corrected chi connectivity index (χ3v) is 5.51.